The van der Waals surface area contributed by atoms with Crippen molar-refractivity contribution in [3.63, 3.8) is 0 Å². The zero-order valence-electron chi connectivity index (χ0n) is 16.0. The Labute approximate surface area is 176 Å². The first-order chi connectivity index (χ1) is 14.0. The van der Waals surface area contributed by atoms with Gasteiger partial charge in [0.25, 0.3) is 5.91 Å². The van der Waals surface area contributed by atoms with Crippen LogP contribution >= 0.6 is 23.1 Å². The van der Waals surface area contributed by atoms with Crippen LogP contribution in [-0.2, 0) is 0 Å². The zero-order chi connectivity index (χ0) is 20.5. The Morgan fingerprint density at radius 3 is 2.52 bits per heavy atom. The fourth-order valence-corrected chi connectivity index (χ4v) is 3.86. The minimum atomic E-state index is -0.339. The number of aryl methyl sites for hydroxylation is 2. The summed E-state index contributed by atoms with van der Waals surface area (Å²) in [5.41, 5.74) is 4.97. The summed E-state index contributed by atoms with van der Waals surface area (Å²) in [4.78, 5) is 16.8. The van der Waals surface area contributed by atoms with E-state index in [1.54, 1.807) is 28.9 Å². The fourth-order valence-electron chi connectivity index (χ4n) is 3.07. The van der Waals surface area contributed by atoms with Crippen molar-refractivity contribution < 1.29 is 4.79 Å². The van der Waals surface area contributed by atoms with Gasteiger partial charge in [-0.15, -0.1) is 5.10 Å². The summed E-state index contributed by atoms with van der Waals surface area (Å²) in [7, 11) is 0. The molecule has 2 aromatic carbocycles. The Morgan fingerprint density at radius 2 is 1.79 bits per heavy atom. The second-order valence-electron chi connectivity index (χ2n) is 6.53. The molecule has 4 aromatic rings. The number of hydrogen-bond acceptors (Lipinski definition) is 6. The van der Waals surface area contributed by atoms with Crippen molar-refractivity contribution in [1.82, 2.24) is 24.4 Å². The fraction of sp³-hybridized carbons (Fsp3) is 0.150. The highest BCUT2D eigenvalue weighted by molar-refractivity contribution is 7.10. The number of nitrogens with one attached hydrogen (secondary N) is 1. The molecule has 146 valence electrons. The van der Waals surface area contributed by atoms with Crippen molar-refractivity contribution >= 4 is 34.2 Å². The van der Waals surface area contributed by atoms with Crippen LogP contribution in [0.25, 0.3) is 17.2 Å². The molecule has 0 radical (unpaired) electrons. The maximum absolute atomic E-state index is 12.4. The van der Waals surface area contributed by atoms with Gasteiger partial charge in [0.2, 0.25) is 5.13 Å². The number of anilines is 1. The minimum Gasteiger partial charge on any atom is -0.297 e. The van der Waals surface area contributed by atoms with E-state index in [4.69, 9.17) is 11.6 Å². The van der Waals surface area contributed by atoms with E-state index in [1.807, 2.05) is 39.0 Å². The summed E-state index contributed by atoms with van der Waals surface area (Å²) in [6.07, 6.45) is 0. The second kappa shape index (κ2) is 7.73. The largest absolute Gasteiger partial charge is 0.297 e. The van der Waals surface area contributed by atoms with Gasteiger partial charge >= 0.3 is 0 Å². The van der Waals surface area contributed by atoms with E-state index in [0.717, 1.165) is 34.0 Å². The van der Waals surface area contributed by atoms with Crippen LogP contribution in [-0.4, -0.2) is 30.3 Å². The number of aromatic nitrogens is 5. The van der Waals surface area contributed by atoms with Gasteiger partial charge in [-0.2, -0.15) is 9.36 Å². The average molecular weight is 425 g/mol. The molecule has 9 heteroatoms. The van der Waals surface area contributed by atoms with Crippen molar-refractivity contribution in [2.45, 2.75) is 20.8 Å². The summed E-state index contributed by atoms with van der Waals surface area (Å²) in [6.45, 7) is 5.99. The number of rotatable bonds is 4. The predicted molar refractivity (Wildman–Crippen MR) is 114 cm³/mol. The molecule has 0 unspecified atom stereocenters. The van der Waals surface area contributed by atoms with Crippen LogP contribution in [0, 0.1) is 20.8 Å². The van der Waals surface area contributed by atoms with Crippen LogP contribution in [0.3, 0.4) is 0 Å². The second-order valence-corrected chi connectivity index (χ2v) is 7.69. The Kier molecular flexibility index (Phi) is 5.12. The van der Waals surface area contributed by atoms with Gasteiger partial charge in [-0.05, 0) is 44.0 Å². The van der Waals surface area contributed by atoms with Gasteiger partial charge in [-0.1, -0.05) is 47.1 Å². The predicted octanol–water partition coefficient (Wildman–Crippen LogP) is 4.62. The van der Waals surface area contributed by atoms with Crippen molar-refractivity contribution in [3.8, 4) is 17.2 Å². The first kappa shape index (κ1) is 19.2. The van der Waals surface area contributed by atoms with Crippen LogP contribution in [0.2, 0.25) is 5.02 Å². The van der Waals surface area contributed by atoms with Gasteiger partial charge in [0, 0.05) is 11.5 Å². The molecule has 4 rings (SSSR count). The molecule has 0 saturated heterocycles. The average Bonchev–Trinajstić information content (AvgIpc) is 3.29. The Bertz CT molecular complexity index is 1200. The number of carbonyl (C=O) groups is 1. The molecule has 2 aromatic heterocycles. The van der Waals surface area contributed by atoms with Crippen molar-refractivity contribution in [1.29, 1.82) is 0 Å². The van der Waals surface area contributed by atoms with Crippen molar-refractivity contribution in [2.24, 2.45) is 0 Å². The van der Waals surface area contributed by atoms with Crippen molar-refractivity contribution in [2.75, 3.05) is 5.32 Å². The number of amides is 1. The summed E-state index contributed by atoms with van der Waals surface area (Å²) < 4.78 is 6.13. The van der Waals surface area contributed by atoms with Gasteiger partial charge in [-0.3, -0.25) is 10.1 Å². The van der Waals surface area contributed by atoms with Crippen LogP contribution in [0.1, 0.15) is 27.2 Å². The Morgan fingerprint density at radius 1 is 1.07 bits per heavy atom. The molecule has 7 nitrogen and oxygen atoms in total. The monoisotopic (exact) mass is 424 g/mol. The number of halogens is 1. The highest BCUT2D eigenvalue weighted by Gasteiger charge is 2.19. The number of para-hydroxylation sites is 1. The highest BCUT2D eigenvalue weighted by Crippen LogP contribution is 2.26. The normalized spacial score (nSPS) is 10.9. The highest BCUT2D eigenvalue weighted by atomic mass is 35.5. The third-order valence-corrected chi connectivity index (χ3v) is 5.48. The molecule has 0 aliphatic heterocycles. The van der Waals surface area contributed by atoms with Gasteiger partial charge in [0.05, 0.1) is 22.0 Å². The third kappa shape index (κ3) is 3.64. The van der Waals surface area contributed by atoms with Crippen molar-refractivity contribution in [3.05, 3.63) is 69.9 Å². The molecular formula is C20H17ClN6OS. The maximum atomic E-state index is 12.4. The Hall–Kier alpha value is -3.10. The van der Waals surface area contributed by atoms with Gasteiger partial charge < -0.3 is 0 Å². The quantitative estimate of drug-likeness (QED) is 0.516. The molecule has 29 heavy (non-hydrogen) atoms. The van der Waals surface area contributed by atoms with Gasteiger partial charge in [0.15, 0.2) is 11.5 Å². The van der Waals surface area contributed by atoms with Crippen LogP contribution in [0.4, 0.5) is 5.13 Å². The lowest BCUT2D eigenvalue weighted by Gasteiger charge is -2.10. The number of hydrogen-bond donors (Lipinski definition) is 1. The van der Waals surface area contributed by atoms with E-state index in [2.05, 4.69) is 25.0 Å². The molecule has 0 aliphatic rings. The molecule has 0 saturated carbocycles. The molecule has 0 bridgehead atoms. The van der Waals surface area contributed by atoms with E-state index in [1.165, 1.54) is 0 Å². The summed E-state index contributed by atoms with van der Waals surface area (Å²) in [5, 5.41) is 12.0. The summed E-state index contributed by atoms with van der Waals surface area (Å²) in [6, 6.07) is 12.9. The summed E-state index contributed by atoms with van der Waals surface area (Å²) in [5.74, 6) is 0.0775. The minimum absolute atomic E-state index is 0.339. The van der Waals surface area contributed by atoms with Crippen LogP contribution in [0.5, 0.6) is 0 Å². The standard InChI is InChI=1S/C20H17ClN6OS/c1-11-7-6-8-12(2)17(11)27-13(3)16(24-26-27)18-22-20(29-25-18)23-19(28)14-9-4-5-10-15(14)21/h4-10H,1-3H3,(H,22,23,25,28). The SMILES string of the molecule is Cc1cccc(C)c1-n1nnc(-c2nsc(NC(=O)c3ccccc3Cl)n2)c1C. The van der Waals surface area contributed by atoms with E-state index >= 15 is 0 Å². The molecule has 0 fully saturated rings. The molecule has 0 atom stereocenters. The first-order valence-electron chi connectivity index (χ1n) is 8.84. The summed E-state index contributed by atoms with van der Waals surface area (Å²) >= 11 is 7.16. The Balaban J connectivity index is 1.62. The topological polar surface area (TPSA) is 85.6 Å². The molecular weight excluding hydrogens is 408 g/mol. The smallest absolute Gasteiger partial charge is 0.258 e. The number of nitrogens with zero attached hydrogens (tertiary/aromatic N) is 5. The zero-order valence-corrected chi connectivity index (χ0v) is 17.5. The van der Waals surface area contributed by atoms with E-state index in [9.17, 15) is 4.79 Å². The van der Waals surface area contributed by atoms with E-state index in [-0.39, 0.29) is 5.91 Å². The maximum Gasteiger partial charge on any atom is 0.258 e. The molecule has 1 N–H and O–H groups in total. The lowest BCUT2D eigenvalue weighted by Crippen LogP contribution is -2.12. The third-order valence-electron chi connectivity index (χ3n) is 4.52. The lowest BCUT2D eigenvalue weighted by atomic mass is 10.1. The molecule has 0 spiro atoms. The number of benzene rings is 2. The number of carbonyl (C=O) groups excluding carboxylic acids is 1. The lowest BCUT2D eigenvalue weighted by molar-refractivity contribution is 0.102. The van der Waals surface area contributed by atoms with Gasteiger partial charge in [0.1, 0.15) is 0 Å². The molecule has 1 amide bonds. The first-order valence-corrected chi connectivity index (χ1v) is 9.99. The van der Waals surface area contributed by atoms with Crippen LogP contribution < -0.4 is 5.32 Å². The molecule has 2 heterocycles. The molecule has 0 aliphatic carbocycles. The van der Waals surface area contributed by atoms with E-state index in [0.29, 0.717) is 27.2 Å². The van der Waals surface area contributed by atoms with E-state index < -0.39 is 0 Å². The van der Waals surface area contributed by atoms with Gasteiger partial charge in [-0.25, -0.2) is 4.68 Å². The van der Waals surface area contributed by atoms with Crippen LogP contribution in [0.15, 0.2) is 42.5 Å².